The largest absolute Gasteiger partial charge is 0.489 e. The summed E-state index contributed by atoms with van der Waals surface area (Å²) in [6.07, 6.45) is 4.43. The highest BCUT2D eigenvalue weighted by Gasteiger charge is 2.07. The fourth-order valence-corrected chi connectivity index (χ4v) is 1.55. The van der Waals surface area contributed by atoms with Crippen molar-refractivity contribution in [2.24, 2.45) is 0 Å². The van der Waals surface area contributed by atoms with Gasteiger partial charge in [-0.05, 0) is 32.0 Å². The van der Waals surface area contributed by atoms with Crippen molar-refractivity contribution in [2.45, 2.75) is 19.4 Å². The fraction of sp³-hybridized carbons (Fsp3) is 0.400. The molecule has 1 aromatic rings. The molecule has 19 heavy (non-hydrogen) atoms. The van der Waals surface area contributed by atoms with Crippen molar-refractivity contribution in [2.75, 3.05) is 19.7 Å². The van der Waals surface area contributed by atoms with Gasteiger partial charge < -0.3 is 15.2 Å². The molecule has 0 saturated heterocycles. The van der Waals surface area contributed by atoms with Gasteiger partial charge >= 0.3 is 0 Å². The van der Waals surface area contributed by atoms with Gasteiger partial charge in [0.25, 0.3) is 0 Å². The Morgan fingerprint density at radius 3 is 3.00 bits per heavy atom. The Hall–Kier alpha value is -1.83. The van der Waals surface area contributed by atoms with E-state index < -0.39 is 6.10 Å². The zero-order valence-corrected chi connectivity index (χ0v) is 11.2. The molecule has 1 unspecified atom stereocenters. The average molecular weight is 260 g/mol. The van der Waals surface area contributed by atoms with Crippen molar-refractivity contribution in [3.63, 3.8) is 0 Å². The fourth-order valence-electron chi connectivity index (χ4n) is 1.55. The third-order valence-electron chi connectivity index (χ3n) is 2.54. The first-order valence-corrected chi connectivity index (χ1v) is 6.39. The smallest absolute Gasteiger partial charge is 0.137 e. The van der Waals surface area contributed by atoms with E-state index in [1.807, 2.05) is 13.0 Å². The molecule has 1 atom stereocenters. The number of ether oxygens (including phenoxy) is 1. The highest BCUT2D eigenvalue weighted by molar-refractivity contribution is 5.42. The number of nitriles is 1. The summed E-state index contributed by atoms with van der Waals surface area (Å²) in [4.78, 5) is 0. The number of hydrogen-bond donors (Lipinski definition) is 2. The lowest BCUT2D eigenvalue weighted by Crippen LogP contribution is -2.31. The van der Waals surface area contributed by atoms with Crippen LogP contribution in [0.25, 0.3) is 0 Å². The molecule has 0 bridgehead atoms. The summed E-state index contributed by atoms with van der Waals surface area (Å²) in [7, 11) is 0. The molecule has 0 spiro atoms. The summed E-state index contributed by atoms with van der Waals surface area (Å²) >= 11 is 0. The Bertz CT molecular complexity index is 438. The molecule has 2 N–H and O–H groups in total. The second-order valence-corrected chi connectivity index (χ2v) is 4.13. The first-order chi connectivity index (χ1) is 9.27. The maximum Gasteiger partial charge on any atom is 0.137 e. The van der Waals surface area contributed by atoms with Gasteiger partial charge in [0.1, 0.15) is 24.5 Å². The normalized spacial score (nSPS) is 12.3. The summed E-state index contributed by atoms with van der Waals surface area (Å²) in [5, 5.41) is 21.8. The van der Waals surface area contributed by atoms with E-state index in [9.17, 15) is 5.11 Å². The zero-order valence-electron chi connectivity index (χ0n) is 11.2. The van der Waals surface area contributed by atoms with E-state index in [1.54, 1.807) is 24.3 Å². The first kappa shape index (κ1) is 15.2. The Morgan fingerprint density at radius 1 is 1.47 bits per heavy atom. The van der Waals surface area contributed by atoms with Crippen LogP contribution in [0.5, 0.6) is 5.75 Å². The third kappa shape index (κ3) is 6.05. The molecule has 0 aromatic heterocycles. The monoisotopic (exact) mass is 260 g/mol. The summed E-state index contributed by atoms with van der Waals surface area (Å²) in [6.45, 7) is 3.47. The van der Waals surface area contributed by atoms with Crippen LogP contribution in [-0.4, -0.2) is 30.9 Å². The van der Waals surface area contributed by atoms with Crippen LogP contribution in [0, 0.1) is 11.3 Å². The molecule has 0 fully saturated rings. The molecule has 1 rings (SSSR count). The van der Waals surface area contributed by atoms with Gasteiger partial charge in [-0.1, -0.05) is 24.3 Å². The number of nitrogens with one attached hydrogen (secondary N) is 1. The molecular weight excluding hydrogens is 240 g/mol. The summed E-state index contributed by atoms with van der Waals surface area (Å²) < 4.78 is 5.44. The van der Waals surface area contributed by atoms with E-state index in [0.29, 0.717) is 17.9 Å². The van der Waals surface area contributed by atoms with Gasteiger partial charge in [-0.3, -0.25) is 0 Å². The van der Waals surface area contributed by atoms with Crippen molar-refractivity contribution < 1.29 is 9.84 Å². The van der Waals surface area contributed by atoms with Crippen LogP contribution in [0.15, 0.2) is 36.4 Å². The Labute approximate surface area is 114 Å². The third-order valence-corrected chi connectivity index (χ3v) is 2.54. The molecule has 1 aromatic carbocycles. The Balaban J connectivity index is 2.26. The van der Waals surface area contributed by atoms with Gasteiger partial charge in [-0.15, -0.1) is 0 Å². The molecule has 0 saturated carbocycles. The van der Waals surface area contributed by atoms with Gasteiger partial charge in [-0.2, -0.15) is 5.26 Å². The number of aliphatic hydroxyl groups excluding tert-OH is 1. The number of allylic oxidation sites excluding steroid dienone is 1. The van der Waals surface area contributed by atoms with E-state index in [-0.39, 0.29) is 6.61 Å². The van der Waals surface area contributed by atoms with E-state index in [0.717, 1.165) is 13.0 Å². The lowest BCUT2D eigenvalue weighted by molar-refractivity contribution is 0.106. The highest BCUT2D eigenvalue weighted by atomic mass is 16.5. The van der Waals surface area contributed by atoms with Crippen molar-refractivity contribution >= 4 is 0 Å². The SMILES string of the molecule is C/C=C/CCNCC(O)COc1ccccc1C#N. The summed E-state index contributed by atoms with van der Waals surface area (Å²) in [6, 6.07) is 9.06. The van der Waals surface area contributed by atoms with Crippen molar-refractivity contribution in [1.82, 2.24) is 5.32 Å². The molecule has 0 amide bonds. The topological polar surface area (TPSA) is 65.3 Å². The lowest BCUT2D eigenvalue weighted by atomic mass is 10.2. The van der Waals surface area contributed by atoms with Crippen LogP contribution in [-0.2, 0) is 0 Å². The number of rotatable bonds is 8. The Kier molecular flexibility index (Phi) is 7.33. The molecule has 0 aliphatic heterocycles. The number of benzene rings is 1. The van der Waals surface area contributed by atoms with Gasteiger partial charge in [-0.25, -0.2) is 0 Å². The van der Waals surface area contributed by atoms with Crippen LogP contribution < -0.4 is 10.1 Å². The summed E-state index contributed by atoms with van der Waals surface area (Å²) in [5.74, 6) is 0.512. The molecule has 0 aliphatic carbocycles. The minimum absolute atomic E-state index is 0.176. The molecule has 4 nitrogen and oxygen atoms in total. The molecule has 102 valence electrons. The molecular formula is C15H20N2O2. The molecule has 0 aliphatic rings. The minimum Gasteiger partial charge on any atom is -0.489 e. The van der Waals surface area contributed by atoms with Crippen molar-refractivity contribution in [1.29, 1.82) is 5.26 Å². The van der Waals surface area contributed by atoms with Crippen LogP contribution >= 0.6 is 0 Å². The second-order valence-electron chi connectivity index (χ2n) is 4.13. The second kappa shape index (κ2) is 9.15. The molecule has 4 heteroatoms. The van der Waals surface area contributed by atoms with Crippen LogP contribution in [0.4, 0.5) is 0 Å². The van der Waals surface area contributed by atoms with Crippen molar-refractivity contribution in [3.05, 3.63) is 42.0 Å². The zero-order chi connectivity index (χ0) is 13.9. The first-order valence-electron chi connectivity index (χ1n) is 6.39. The van der Waals surface area contributed by atoms with Crippen LogP contribution in [0.3, 0.4) is 0 Å². The van der Waals surface area contributed by atoms with Crippen molar-refractivity contribution in [3.8, 4) is 11.8 Å². The maximum absolute atomic E-state index is 9.74. The Morgan fingerprint density at radius 2 is 2.26 bits per heavy atom. The highest BCUT2D eigenvalue weighted by Crippen LogP contribution is 2.16. The van der Waals surface area contributed by atoms with Gasteiger partial charge in [0.2, 0.25) is 0 Å². The average Bonchev–Trinajstić information content (AvgIpc) is 2.45. The maximum atomic E-state index is 9.74. The minimum atomic E-state index is -0.586. The molecule has 0 heterocycles. The quantitative estimate of drug-likeness (QED) is 0.553. The van der Waals surface area contributed by atoms with Crippen LogP contribution in [0.2, 0.25) is 0 Å². The van der Waals surface area contributed by atoms with Gasteiger partial charge in [0, 0.05) is 6.54 Å². The van der Waals surface area contributed by atoms with Gasteiger partial charge in [0.05, 0.1) is 5.56 Å². The van der Waals surface area contributed by atoms with E-state index in [1.165, 1.54) is 0 Å². The number of para-hydroxylation sites is 1. The summed E-state index contributed by atoms with van der Waals surface area (Å²) in [5.41, 5.74) is 0.482. The van der Waals surface area contributed by atoms with E-state index >= 15 is 0 Å². The lowest BCUT2D eigenvalue weighted by Gasteiger charge is -2.13. The number of aliphatic hydroxyl groups is 1. The van der Waals surface area contributed by atoms with E-state index in [4.69, 9.17) is 10.00 Å². The van der Waals surface area contributed by atoms with Gasteiger partial charge in [0.15, 0.2) is 0 Å². The predicted octanol–water partition coefficient (Wildman–Crippen LogP) is 1.85. The standard InChI is InChI=1S/C15H20N2O2/c1-2-3-6-9-17-11-14(18)12-19-15-8-5-4-7-13(15)10-16/h2-5,7-8,14,17-18H,6,9,11-12H2,1H3/b3-2+. The number of nitrogens with zero attached hydrogens (tertiary/aromatic N) is 1. The van der Waals surface area contributed by atoms with Crippen LogP contribution in [0.1, 0.15) is 18.9 Å². The molecule has 0 radical (unpaired) electrons. The predicted molar refractivity (Wildman–Crippen MR) is 75.0 cm³/mol. The van der Waals surface area contributed by atoms with E-state index in [2.05, 4.69) is 17.5 Å². The number of hydrogen-bond acceptors (Lipinski definition) is 4.